The van der Waals surface area contributed by atoms with E-state index in [-0.39, 0.29) is 0 Å². The van der Waals surface area contributed by atoms with Crippen LogP contribution in [0, 0.1) is 6.92 Å². The Morgan fingerprint density at radius 3 is 2.48 bits per heavy atom. The first-order valence-electron chi connectivity index (χ1n) is 8.01. The van der Waals surface area contributed by atoms with E-state index in [9.17, 15) is 0 Å². The van der Waals surface area contributed by atoms with E-state index in [4.69, 9.17) is 11.2 Å². The molecule has 1 fully saturated rings. The van der Waals surface area contributed by atoms with Gasteiger partial charge in [0.05, 0.1) is 7.43 Å². The van der Waals surface area contributed by atoms with Gasteiger partial charge in [0.2, 0.25) is 0 Å². The third-order valence-electron chi connectivity index (χ3n) is 4.41. The Balaban J connectivity index is 2.38. The maximum atomic E-state index is 6.85. The second-order valence-electron chi connectivity index (χ2n) is 6.32. The third-order valence-corrected chi connectivity index (χ3v) is 7.28. The largest absolute Gasteiger partial charge is 0.366 e. The van der Waals surface area contributed by atoms with Crippen LogP contribution in [0.25, 0.3) is 0 Å². The van der Waals surface area contributed by atoms with Crippen LogP contribution in [-0.2, 0) is 0 Å². The molecule has 2 nitrogen and oxygen atoms in total. The molecule has 0 N–H and O–H groups in total. The molecule has 118 valence electrons. The molecule has 2 rings (SSSR count). The van der Waals surface area contributed by atoms with Crippen molar-refractivity contribution in [3.63, 3.8) is 0 Å². The second kappa shape index (κ2) is 7.31. The number of hydrogen-bond acceptors (Lipinski definition) is 2. The van der Waals surface area contributed by atoms with Gasteiger partial charge in [0.1, 0.15) is 0 Å². The summed E-state index contributed by atoms with van der Waals surface area (Å²) in [5.41, 5.74) is 2.65. The van der Waals surface area contributed by atoms with Gasteiger partial charge in [-0.1, -0.05) is 29.8 Å². The molecule has 1 heterocycles. The summed E-state index contributed by atoms with van der Waals surface area (Å²) in [6, 6.07) is 8.01. The van der Waals surface area contributed by atoms with Crippen molar-refractivity contribution in [3.05, 3.63) is 23.8 Å². The molecule has 1 aromatic rings. The van der Waals surface area contributed by atoms with Gasteiger partial charge in [-0.2, -0.15) is 0 Å². The first kappa shape index (κ1) is 17.1. The molecule has 21 heavy (non-hydrogen) atoms. The number of nitrogens with zero attached hydrogens (tertiary/aromatic N) is 2. The minimum Gasteiger partial charge on any atom is -0.366 e. The van der Waals surface area contributed by atoms with Gasteiger partial charge in [-0.15, -0.1) is 0 Å². The highest BCUT2D eigenvalue weighted by atomic mass is 35.7. The minimum atomic E-state index is -0.770. The van der Waals surface area contributed by atoms with Gasteiger partial charge in [-0.05, 0) is 59.2 Å². The molecule has 1 unspecified atom stereocenters. The second-order valence-corrected chi connectivity index (χ2v) is 8.96. The van der Waals surface area contributed by atoms with Crippen molar-refractivity contribution in [2.24, 2.45) is 0 Å². The van der Waals surface area contributed by atoms with Crippen LogP contribution >= 0.6 is 18.7 Å². The minimum absolute atomic E-state index is 0.609. The maximum Gasteiger partial charge on any atom is 0.0964 e. The lowest BCUT2D eigenvalue weighted by atomic mass is 10.2. The summed E-state index contributed by atoms with van der Waals surface area (Å²) in [7, 11) is 1.37. The molecule has 3 atom stereocenters. The standard InChI is InChI=1S/C17H28ClN2P/c1-6-11-19(5)21(18)17-12-13(2)7-10-16(17)20-14(3)8-9-15(20)4/h7,10,12,14-15H,6,8-9,11H2,1-5H3/t14-,15+,21?. The Hall–Kier alpha value is -0.300. The molecule has 0 amide bonds. The van der Waals surface area contributed by atoms with Crippen LogP contribution in [0.2, 0.25) is 0 Å². The predicted molar refractivity (Wildman–Crippen MR) is 97.1 cm³/mol. The highest BCUT2D eigenvalue weighted by Crippen LogP contribution is 2.47. The van der Waals surface area contributed by atoms with Crippen LogP contribution in [0.3, 0.4) is 0 Å². The van der Waals surface area contributed by atoms with E-state index in [0.29, 0.717) is 12.1 Å². The lowest BCUT2D eigenvalue weighted by Crippen LogP contribution is -2.36. The first-order chi connectivity index (χ1) is 9.95. The molecule has 1 saturated heterocycles. The lowest BCUT2D eigenvalue weighted by Gasteiger charge is -2.33. The van der Waals surface area contributed by atoms with Gasteiger partial charge >= 0.3 is 0 Å². The number of hydrogen-bond donors (Lipinski definition) is 0. The quantitative estimate of drug-likeness (QED) is 0.711. The number of halogens is 1. The van der Waals surface area contributed by atoms with Gasteiger partial charge in [-0.25, -0.2) is 0 Å². The van der Waals surface area contributed by atoms with Crippen molar-refractivity contribution in [2.45, 2.75) is 59.0 Å². The van der Waals surface area contributed by atoms with Crippen LogP contribution in [0.1, 0.15) is 45.6 Å². The average molecular weight is 327 g/mol. The zero-order chi connectivity index (χ0) is 15.6. The maximum absolute atomic E-state index is 6.85. The summed E-state index contributed by atoms with van der Waals surface area (Å²) >= 11 is 6.85. The summed E-state index contributed by atoms with van der Waals surface area (Å²) in [6.45, 7) is 10.1. The number of aryl methyl sites for hydroxylation is 1. The van der Waals surface area contributed by atoms with E-state index >= 15 is 0 Å². The van der Waals surface area contributed by atoms with Crippen LogP contribution in [0.4, 0.5) is 5.69 Å². The van der Waals surface area contributed by atoms with Crippen LogP contribution in [0.15, 0.2) is 18.2 Å². The summed E-state index contributed by atoms with van der Waals surface area (Å²) in [5, 5.41) is 1.32. The van der Waals surface area contributed by atoms with Crippen LogP contribution in [0.5, 0.6) is 0 Å². The zero-order valence-electron chi connectivity index (χ0n) is 13.9. The van der Waals surface area contributed by atoms with Gasteiger partial charge in [0.25, 0.3) is 0 Å². The Labute approximate surface area is 136 Å². The highest BCUT2D eigenvalue weighted by Gasteiger charge is 2.30. The Bertz CT molecular complexity index is 470. The monoisotopic (exact) mass is 326 g/mol. The van der Waals surface area contributed by atoms with Gasteiger partial charge < -0.3 is 4.90 Å². The topological polar surface area (TPSA) is 6.48 Å². The van der Waals surface area contributed by atoms with Crippen LogP contribution in [-0.4, -0.2) is 30.3 Å². The van der Waals surface area contributed by atoms with Crippen molar-refractivity contribution in [1.29, 1.82) is 0 Å². The summed E-state index contributed by atoms with van der Waals surface area (Å²) in [5.74, 6) is 0. The predicted octanol–water partition coefficient (Wildman–Crippen LogP) is 4.89. The zero-order valence-corrected chi connectivity index (χ0v) is 15.6. The fourth-order valence-corrected chi connectivity index (χ4v) is 5.33. The molecule has 0 radical (unpaired) electrons. The fraction of sp³-hybridized carbons (Fsp3) is 0.647. The molecule has 4 heteroatoms. The Morgan fingerprint density at radius 1 is 1.29 bits per heavy atom. The summed E-state index contributed by atoms with van der Waals surface area (Å²) in [6.07, 6.45) is 3.69. The van der Waals surface area contributed by atoms with Crippen molar-refractivity contribution >= 4 is 29.7 Å². The van der Waals surface area contributed by atoms with E-state index in [1.54, 1.807) is 0 Å². The SMILES string of the molecule is CCCN(C)P(Cl)c1cc(C)ccc1N1[C@H](C)CC[C@@H]1C. The fourth-order valence-electron chi connectivity index (χ4n) is 3.26. The third kappa shape index (κ3) is 3.73. The van der Waals surface area contributed by atoms with E-state index < -0.39 is 7.43 Å². The van der Waals surface area contributed by atoms with Gasteiger partial charge in [-0.3, -0.25) is 4.67 Å². The van der Waals surface area contributed by atoms with Crippen molar-refractivity contribution in [1.82, 2.24) is 4.67 Å². The van der Waals surface area contributed by atoms with Crippen LogP contribution < -0.4 is 10.2 Å². The molecule has 1 aromatic carbocycles. The van der Waals surface area contributed by atoms with Crippen molar-refractivity contribution in [2.75, 3.05) is 18.5 Å². The molecule has 0 saturated carbocycles. The van der Waals surface area contributed by atoms with Crippen molar-refractivity contribution < 1.29 is 0 Å². The van der Waals surface area contributed by atoms with E-state index in [2.05, 4.69) is 62.5 Å². The molecule has 0 aliphatic carbocycles. The molecule has 0 bridgehead atoms. The van der Waals surface area contributed by atoms with E-state index in [1.165, 1.54) is 29.4 Å². The van der Waals surface area contributed by atoms with Crippen molar-refractivity contribution in [3.8, 4) is 0 Å². The smallest absolute Gasteiger partial charge is 0.0964 e. The molecular weight excluding hydrogens is 299 g/mol. The van der Waals surface area contributed by atoms with E-state index in [0.717, 1.165) is 13.0 Å². The van der Waals surface area contributed by atoms with Gasteiger partial charge in [0.15, 0.2) is 0 Å². The molecule has 1 aliphatic heterocycles. The first-order valence-corrected chi connectivity index (χ1v) is 10.2. The summed E-state index contributed by atoms with van der Waals surface area (Å²) < 4.78 is 2.31. The van der Waals surface area contributed by atoms with E-state index in [1.807, 2.05) is 0 Å². The molecule has 0 spiro atoms. The number of rotatable bonds is 5. The summed E-state index contributed by atoms with van der Waals surface area (Å²) in [4.78, 5) is 2.58. The molecule has 0 aromatic heterocycles. The normalized spacial score (nSPS) is 23.9. The van der Waals surface area contributed by atoms with Gasteiger partial charge in [0, 0.05) is 29.6 Å². The lowest BCUT2D eigenvalue weighted by molar-refractivity contribution is 0.551. The molecule has 1 aliphatic rings. The average Bonchev–Trinajstić information content (AvgIpc) is 2.78. The highest BCUT2D eigenvalue weighted by molar-refractivity contribution is 7.88. The Morgan fingerprint density at radius 2 is 1.90 bits per heavy atom. The number of anilines is 1. The Kier molecular flexibility index (Phi) is 5.94. The number of benzene rings is 1. The molecular formula is C17H28ClN2P.